The van der Waals surface area contributed by atoms with Crippen LogP contribution in [0.3, 0.4) is 0 Å². The topological polar surface area (TPSA) is 130 Å². The molecule has 13 heteroatoms. The van der Waals surface area contributed by atoms with Crippen LogP contribution in [-0.2, 0) is 40.0 Å². The van der Waals surface area contributed by atoms with Gasteiger partial charge in [-0.3, -0.25) is 24.2 Å². The van der Waals surface area contributed by atoms with Crippen molar-refractivity contribution >= 4 is 45.7 Å². The van der Waals surface area contributed by atoms with Crippen molar-refractivity contribution in [1.82, 2.24) is 14.7 Å². The van der Waals surface area contributed by atoms with Gasteiger partial charge in [-0.15, -0.1) is 11.3 Å². The van der Waals surface area contributed by atoms with Crippen LogP contribution >= 0.6 is 11.3 Å². The van der Waals surface area contributed by atoms with Gasteiger partial charge in [-0.2, -0.15) is 0 Å². The minimum absolute atomic E-state index is 0.151. The van der Waals surface area contributed by atoms with E-state index in [1.807, 2.05) is 36.4 Å². The molecule has 0 unspecified atom stereocenters. The van der Waals surface area contributed by atoms with Gasteiger partial charge in [0, 0.05) is 87.8 Å². The molecule has 2 N–H and O–H groups in total. The molecule has 2 fully saturated rings. The Morgan fingerprint density at radius 2 is 1.47 bits per heavy atom. The molecule has 4 aromatic rings. The fourth-order valence-corrected chi connectivity index (χ4v) is 9.29. The largest absolute Gasteiger partial charge is 0.465 e. The summed E-state index contributed by atoms with van der Waals surface area (Å²) in [6.07, 6.45) is 5.48. The van der Waals surface area contributed by atoms with E-state index < -0.39 is 0 Å². The third-order valence-corrected chi connectivity index (χ3v) is 12.7. The minimum Gasteiger partial charge on any atom is -0.465 e. The first-order chi connectivity index (χ1) is 28.7. The molecule has 0 aliphatic carbocycles. The SMILES string of the molecule is COC(=O)c1ccc(CCCc2ccc(NC(=O)c3c(NC(=O)c4cccc(C(=O)N(C)CCN5CCOCC5)c4)sc4c3CCN(CC3CCOCC3)C4)cc2)cc1. The van der Waals surface area contributed by atoms with E-state index >= 15 is 0 Å². The molecule has 0 saturated carbocycles. The van der Waals surface area contributed by atoms with Gasteiger partial charge >= 0.3 is 5.97 Å². The van der Waals surface area contributed by atoms with Crippen molar-refractivity contribution in [2.75, 3.05) is 90.5 Å². The number of nitrogens with zero attached hydrogens (tertiary/aromatic N) is 3. The monoisotopic (exact) mass is 821 g/mol. The zero-order valence-corrected chi connectivity index (χ0v) is 35.0. The molecule has 0 radical (unpaired) electrons. The van der Waals surface area contributed by atoms with Crippen molar-refractivity contribution < 1.29 is 33.4 Å². The lowest BCUT2D eigenvalue weighted by Gasteiger charge is -2.32. The van der Waals surface area contributed by atoms with E-state index in [1.165, 1.54) is 18.4 Å². The second kappa shape index (κ2) is 20.4. The average Bonchev–Trinajstić information content (AvgIpc) is 3.63. The number of anilines is 2. The first-order valence-corrected chi connectivity index (χ1v) is 21.5. The number of amides is 3. The molecule has 12 nitrogen and oxygen atoms in total. The summed E-state index contributed by atoms with van der Waals surface area (Å²) in [6, 6.07) is 22.2. The van der Waals surface area contributed by atoms with E-state index in [2.05, 4.69) is 20.4 Å². The number of hydrogen-bond donors (Lipinski definition) is 2. The minimum atomic E-state index is -0.369. The van der Waals surface area contributed by atoms with E-state index in [4.69, 9.17) is 14.2 Å². The summed E-state index contributed by atoms with van der Waals surface area (Å²) in [5.74, 6) is -0.535. The molecule has 0 atom stereocenters. The third kappa shape index (κ3) is 11.2. The van der Waals surface area contributed by atoms with E-state index in [-0.39, 0.29) is 23.7 Å². The Morgan fingerprint density at radius 3 is 2.19 bits per heavy atom. The Morgan fingerprint density at radius 1 is 0.797 bits per heavy atom. The Kier molecular flexibility index (Phi) is 14.6. The zero-order chi connectivity index (χ0) is 41.1. The Hall–Kier alpha value is -4.92. The predicted molar refractivity (Wildman–Crippen MR) is 230 cm³/mol. The van der Waals surface area contributed by atoms with Gasteiger partial charge in [0.1, 0.15) is 5.00 Å². The molecule has 2 saturated heterocycles. The van der Waals surface area contributed by atoms with E-state index in [1.54, 1.807) is 48.3 Å². The van der Waals surface area contributed by atoms with E-state index in [9.17, 15) is 19.2 Å². The molecule has 1 aromatic heterocycles. The number of ether oxygens (including phenoxy) is 3. The van der Waals surface area contributed by atoms with Crippen molar-refractivity contribution in [2.24, 2.45) is 5.92 Å². The molecule has 3 aromatic carbocycles. The van der Waals surface area contributed by atoms with Crippen molar-refractivity contribution in [3.63, 3.8) is 0 Å². The highest BCUT2D eigenvalue weighted by atomic mass is 32.1. The summed E-state index contributed by atoms with van der Waals surface area (Å²) in [4.78, 5) is 60.8. The number of likely N-dealkylation sites (N-methyl/N-ethyl adjacent to an activating group) is 1. The molecule has 0 spiro atoms. The quantitative estimate of drug-likeness (QED) is 0.131. The maximum Gasteiger partial charge on any atom is 0.337 e. The normalized spacial score (nSPS) is 16.2. The van der Waals surface area contributed by atoms with Crippen LogP contribution in [0.4, 0.5) is 10.7 Å². The van der Waals surface area contributed by atoms with Crippen LogP contribution in [0.15, 0.2) is 72.8 Å². The van der Waals surface area contributed by atoms with Gasteiger partial charge in [-0.1, -0.05) is 30.3 Å². The highest BCUT2D eigenvalue weighted by Gasteiger charge is 2.30. The molecule has 7 rings (SSSR count). The number of carbonyl (C=O) groups excluding carboxylic acids is 4. The predicted octanol–water partition coefficient (Wildman–Crippen LogP) is 6.40. The Labute approximate surface area is 350 Å². The Balaban J connectivity index is 1.02. The summed E-state index contributed by atoms with van der Waals surface area (Å²) in [7, 11) is 3.16. The molecular formula is C46H55N5O7S. The van der Waals surface area contributed by atoms with Crippen LogP contribution in [-0.4, -0.2) is 118 Å². The number of thiophene rings is 1. The van der Waals surface area contributed by atoms with Crippen LogP contribution in [0, 0.1) is 5.92 Å². The van der Waals surface area contributed by atoms with Gasteiger partial charge in [-0.25, -0.2) is 4.79 Å². The molecular weight excluding hydrogens is 767 g/mol. The first kappa shape index (κ1) is 42.2. The van der Waals surface area contributed by atoms with Gasteiger partial charge in [-0.05, 0) is 104 Å². The number of methoxy groups -OCH3 is 1. The first-order valence-electron chi connectivity index (χ1n) is 20.7. The van der Waals surface area contributed by atoms with Crippen LogP contribution < -0.4 is 10.6 Å². The van der Waals surface area contributed by atoms with Gasteiger partial charge in [0.25, 0.3) is 17.7 Å². The molecule has 3 aliphatic heterocycles. The van der Waals surface area contributed by atoms with E-state index in [0.29, 0.717) is 65.0 Å². The maximum absolute atomic E-state index is 14.2. The fraction of sp³-hybridized carbons (Fsp3) is 0.435. The lowest BCUT2D eigenvalue weighted by atomic mass is 9.97. The van der Waals surface area contributed by atoms with Crippen LogP contribution in [0.1, 0.15) is 82.3 Å². The molecule has 3 aliphatic rings. The molecule has 59 heavy (non-hydrogen) atoms. The molecule has 4 heterocycles. The number of rotatable bonds is 15. The summed E-state index contributed by atoms with van der Waals surface area (Å²) in [5.41, 5.74) is 5.79. The summed E-state index contributed by atoms with van der Waals surface area (Å²) in [6.45, 7) is 8.58. The smallest absolute Gasteiger partial charge is 0.337 e. The number of benzene rings is 3. The summed E-state index contributed by atoms with van der Waals surface area (Å²) >= 11 is 1.47. The maximum atomic E-state index is 14.2. The van der Waals surface area contributed by atoms with Crippen molar-refractivity contribution in [1.29, 1.82) is 0 Å². The highest BCUT2D eigenvalue weighted by Crippen LogP contribution is 2.38. The molecule has 3 amide bonds. The lowest BCUT2D eigenvalue weighted by molar-refractivity contribution is 0.0338. The molecule has 0 bridgehead atoms. The number of morpholine rings is 1. The zero-order valence-electron chi connectivity index (χ0n) is 34.1. The number of hydrogen-bond acceptors (Lipinski definition) is 10. The average molecular weight is 822 g/mol. The number of carbonyl (C=O) groups is 4. The number of fused-ring (bicyclic) bond motifs is 1. The Bertz CT molecular complexity index is 2070. The van der Waals surface area contributed by atoms with Gasteiger partial charge in [0.05, 0.1) is 31.5 Å². The number of esters is 1. The summed E-state index contributed by atoms with van der Waals surface area (Å²) < 4.78 is 15.8. The number of nitrogens with one attached hydrogen (secondary N) is 2. The lowest BCUT2D eigenvalue weighted by Crippen LogP contribution is -2.41. The van der Waals surface area contributed by atoms with Crippen LogP contribution in [0.25, 0.3) is 0 Å². The van der Waals surface area contributed by atoms with Crippen molar-refractivity contribution in [3.05, 3.63) is 117 Å². The van der Waals surface area contributed by atoms with Crippen molar-refractivity contribution in [2.45, 2.75) is 45.1 Å². The van der Waals surface area contributed by atoms with Gasteiger partial charge in [0.15, 0.2) is 0 Å². The van der Waals surface area contributed by atoms with Crippen LogP contribution in [0.2, 0.25) is 0 Å². The van der Waals surface area contributed by atoms with Crippen LogP contribution in [0.5, 0.6) is 0 Å². The second-order valence-corrected chi connectivity index (χ2v) is 16.8. The third-order valence-electron chi connectivity index (χ3n) is 11.5. The summed E-state index contributed by atoms with van der Waals surface area (Å²) in [5, 5.41) is 6.72. The highest BCUT2D eigenvalue weighted by molar-refractivity contribution is 7.17. The van der Waals surface area contributed by atoms with E-state index in [0.717, 1.165) is 106 Å². The standard InChI is InChI=1S/C46H55N5O7S/c1-49(21-22-50-23-27-58-28-24-50)45(54)37-8-4-7-36(29-37)42(52)48-44-41(39-17-20-51(31-40(39)59-44)30-34-18-25-57-26-19-34)43(53)47-38-15-11-33(12-16-38)6-3-5-32-9-13-35(14-10-32)46(55)56-2/h4,7-16,29,34H,3,5-6,17-28,30-31H2,1-2H3,(H,47,53)(H,48,52). The van der Waals surface area contributed by atoms with Crippen molar-refractivity contribution in [3.8, 4) is 0 Å². The molecule has 312 valence electrons. The number of aryl methyl sites for hydroxylation is 2. The second-order valence-electron chi connectivity index (χ2n) is 15.7. The van der Waals surface area contributed by atoms with Gasteiger partial charge < -0.3 is 29.7 Å². The van der Waals surface area contributed by atoms with Gasteiger partial charge in [0.2, 0.25) is 0 Å². The fourth-order valence-electron chi connectivity index (χ4n) is 8.01.